The molecule has 2 N–H and O–H groups in total. The van der Waals surface area contributed by atoms with E-state index in [2.05, 4.69) is 12.2 Å². The predicted octanol–water partition coefficient (Wildman–Crippen LogP) is 0.780. The lowest BCUT2D eigenvalue weighted by molar-refractivity contribution is -0.145. The van der Waals surface area contributed by atoms with Gasteiger partial charge in [0.2, 0.25) is 6.29 Å². The summed E-state index contributed by atoms with van der Waals surface area (Å²) in [5.41, 5.74) is 0.502. The molecular weight excluding hydrogens is 278 g/mol. The third-order valence-corrected chi connectivity index (χ3v) is 4.12. The van der Waals surface area contributed by atoms with E-state index < -0.39 is 18.4 Å². The number of aliphatic hydroxyl groups excluding tert-OH is 1. The fourth-order valence-electron chi connectivity index (χ4n) is 3.09. The number of rotatable bonds is 4. The van der Waals surface area contributed by atoms with Crippen molar-refractivity contribution in [2.75, 3.05) is 20.3 Å². The first kappa shape index (κ1) is 15.6. The number of hydrogen-bond donors (Lipinski definition) is 2. The van der Waals surface area contributed by atoms with Crippen molar-refractivity contribution in [2.45, 2.75) is 26.1 Å². The maximum atomic E-state index is 11.8. The first-order valence-corrected chi connectivity index (χ1v) is 7.07. The first-order valence-electron chi connectivity index (χ1n) is 7.07. The van der Waals surface area contributed by atoms with Crippen molar-refractivity contribution in [3.05, 3.63) is 11.8 Å². The average molecular weight is 299 g/mol. The van der Waals surface area contributed by atoms with Gasteiger partial charge in [0.25, 0.3) is 0 Å². The van der Waals surface area contributed by atoms with E-state index in [1.165, 1.54) is 13.4 Å². The number of nitrogens with one attached hydrogen (secondary N) is 1. The summed E-state index contributed by atoms with van der Waals surface area (Å²) in [6.07, 6.45) is 1.76. The number of esters is 1. The Kier molecular flexibility index (Phi) is 5.06. The van der Waals surface area contributed by atoms with Crippen LogP contribution in [0.5, 0.6) is 0 Å². The second-order valence-electron chi connectivity index (χ2n) is 5.36. The molecule has 1 saturated carbocycles. The third kappa shape index (κ3) is 3.29. The highest BCUT2D eigenvalue weighted by atomic mass is 16.7. The summed E-state index contributed by atoms with van der Waals surface area (Å²) in [7, 11) is 1.33. The van der Waals surface area contributed by atoms with E-state index in [0.717, 1.165) is 12.8 Å². The standard InChI is InChI=1S/C14H21NO6/c1-8-3-4-9-10(12(17)19-2)7-20-13(11(8)9)21-14(18)15-5-6-16/h7-9,11,13,16H,3-6H2,1-2H3,(H,15,18). The summed E-state index contributed by atoms with van der Waals surface area (Å²) < 4.78 is 15.5. The molecule has 1 aliphatic carbocycles. The van der Waals surface area contributed by atoms with Gasteiger partial charge in [0.05, 0.1) is 25.6 Å². The Morgan fingerprint density at radius 3 is 2.90 bits per heavy atom. The molecule has 7 heteroatoms. The number of aliphatic hydroxyl groups is 1. The Morgan fingerprint density at radius 2 is 2.24 bits per heavy atom. The molecule has 1 amide bonds. The van der Waals surface area contributed by atoms with Crippen LogP contribution in [-0.2, 0) is 19.0 Å². The third-order valence-electron chi connectivity index (χ3n) is 4.12. The molecule has 0 saturated heterocycles. The highest BCUT2D eigenvalue weighted by Crippen LogP contribution is 2.46. The maximum absolute atomic E-state index is 11.8. The van der Waals surface area contributed by atoms with Crippen LogP contribution in [0.15, 0.2) is 11.8 Å². The molecule has 4 unspecified atom stereocenters. The number of alkyl carbamates (subject to hydrolysis) is 1. The molecule has 1 aliphatic heterocycles. The normalized spacial score (nSPS) is 30.7. The summed E-state index contributed by atoms with van der Waals surface area (Å²) in [5, 5.41) is 11.1. The minimum absolute atomic E-state index is 0.0168. The van der Waals surface area contributed by atoms with Crippen molar-refractivity contribution in [1.29, 1.82) is 0 Å². The summed E-state index contributed by atoms with van der Waals surface area (Å²) >= 11 is 0. The quantitative estimate of drug-likeness (QED) is 0.745. The Hall–Kier alpha value is -1.76. The summed E-state index contributed by atoms with van der Waals surface area (Å²) in [6, 6.07) is 0. The van der Waals surface area contributed by atoms with E-state index in [0.29, 0.717) is 5.57 Å². The van der Waals surface area contributed by atoms with Crippen molar-refractivity contribution in [1.82, 2.24) is 5.32 Å². The lowest BCUT2D eigenvalue weighted by Crippen LogP contribution is -2.41. The van der Waals surface area contributed by atoms with Gasteiger partial charge in [-0.1, -0.05) is 6.92 Å². The smallest absolute Gasteiger partial charge is 0.410 e. The van der Waals surface area contributed by atoms with Gasteiger partial charge in [-0.2, -0.15) is 0 Å². The molecule has 7 nitrogen and oxygen atoms in total. The Morgan fingerprint density at radius 1 is 1.48 bits per heavy atom. The molecule has 1 heterocycles. The van der Waals surface area contributed by atoms with Gasteiger partial charge in [0, 0.05) is 18.4 Å². The Bertz CT molecular complexity index is 435. The zero-order valence-electron chi connectivity index (χ0n) is 12.2. The number of amides is 1. The monoisotopic (exact) mass is 299 g/mol. The fourth-order valence-corrected chi connectivity index (χ4v) is 3.09. The van der Waals surface area contributed by atoms with Gasteiger partial charge in [0.15, 0.2) is 0 Å². The summed E-state index contributed by atoms with van der Waals surface area (Å²) in [6.45, 7) is 2.02. The molecule has 2 aliphatic rings. The lowest BCUT2D eigenvalue weighted by atomic mass is 9.83. The van der Waals surface area contributed by atoms with Gasteiger partial charge in [-0.25, -0.2) is 9.59 Å². The van der Waals surface area contributed by atoms with Crippen LogP contribution in [-0.4, -0.2) is 43.7 Å². The van der Waals surface area contributed by atoms with Crippen LogP contribution in [0.2, 0.25) is 0 Å². The number of fused-ring (bicyclic) bond motifs is 1. The molecule has 0 aromatic rings. The molecule has 21 heavy (non-hydrogen) atoms. The summed E-state index contributed by atoms with van der Waals surface area (Å²) in [4.78, 5) is 23.4. The van der Waals surface area contributed by atoms with E-state index >= 15 is 0 Å². The highest BCUT2D eigenvalue weighted by molar-refractivity contribution is 5.89. The van der Waals surface area contributed by atoms with Crippen LogP contribution in [0.3, 0.4) is 0 Å². The van der Waals surface area contributed by atoms with E-state index in [1.54, 1.807) is 0 Å². The first-order chi connectivity index (χ1) is 10.1. The number of carbonyl (C=O) groups is 2. The molecular formula is C14H21NO6. The Balaban J connectivity index is 2.08. The lowest BCUT2D eigenvalue weighted by Gasteiger charge is -2.34. The van der Waals surface area contributed by atoms with Gasteiger partial charge < -0.3 is 24.6 Å². The number of carbonyl (C=O) groups excluding carboxylic acids is 2. The van der Waals surface area contributed by atoms with Crippen molar-refractivity contribution >= 4 is 12.1 Å². The summed E-state index contributed by atoms with van der Waals surface area (Å²) in [5.74, 6) is -0.206. The highest BCUT2D eigenvalue weighted by Gasteiger charge is 2.47. The van der Waals surface area contributed by atoms with Crippen LogP contribution in [0, 0.1) is 17.8 Å². The molecule has 4 atom stereocenters. The van der Waals surface area contributed by atoms with Gasteiger partial charge in [-0.05, 0) is 18.8 Å². The molecule has 0 aromatic carbocycles. The van der Waals surface area contributed by atoms with Crippen LogP contribution >= 0.6 is 0 Å². The topological polar surface area (TPSA) is 94.1 Å². The fraction of sp³-hybridized carbons (Fsp3) is 0.714. The molecule has 0 aromatic heterocycles. The zero-order valence-corrected chi connectivity index (χ0v) is 12.2. The largest absolute Gasteiger partial charge is 0.466 e. The van der Waals surface area contributed by atoms with E-state index in [1.807, 2.05) is 0 Å². The number of methoxy groups -OCH3 is 1. The number of hydrogen-bond acceptors (Lipinski definition) is 6. The second kappa shape index (κ2) is 6.80. The van der Waals surface area contributed by atoms with Gasteiger partial charge in [-0.3, -0.25) is 0 Å². The van der Waals surface area contributed by atoms with Crippen molar-refractivity contribution in [3.63, 3.8) is 0 Å². The van der Waals surface area contributed by atoms with Crippen LogP contribution in [0.25, 0.3) is 0 Å². The molecule has 0 bridgehead atoms. The van der Waals surface area contributed by atoms with E-state index in [9.17, 15) is 9.59 Å². The van der Waals surface area contributed by atoms with Crippen molar-refractivity contribution < 1.29 is 28.9 Å². The van der Waals surface area contributed by atoms with Crippen LogP contribution in [0.4, 0.5) is 4.79 Å². The second-order valence-corrected chi connectivity index (χ2v) is 5.36. The molecule has 2 rings (SSSR count). The van der Waals surface area contributed by atoms with Crippen molar-refractivity contribution in [2.24, 2.45) is 17.8 Å². The minimum atomic E-state index is -0.723. The SMILES string of the molecule is COC(=O)C1=COC(OC(=O)NCCO)C2C(C)CCC12. The Labute approximate surface area is 123 Å². The average Bonchev–Trinajstić information content (AvgIpc) is 2.87. The maximum Gasteiger partial charge on any atom is 0.410 e. The molecule has 118 valence electrons. The van der Waals surface area contributed by atoms with Crippen molar-refractivity contribution in [3.8, 4) is 0 Å². The van der Waals surface area contributed by atoms with Crippen LogP contribution in [0.1, 0.15) is 19.8 Å². The van der Waals surface area contributed by atoms with Gasteiger partial charge in [0.1, 0.15) is 0 Å². The minimum Gasteiger partial charge on any atom is -0.466 e. The molecule has 0 spiro atoms. The molecule has 1 fully saturated rings. The number of ether oxygens (including phenoxy) is 3. The van der Waals surface area contributed by atoms with E-state index in [-0.39, 0.29) is 30.9 Å². The van der Waals surface area contributed by atoms with Crippen LogP contribution < -0.4 is 5.32 Å². The molecule has 0 radical (unpaired) electrons. The predicted molar refractivity (Wildman–Crippen MR) is 71.9 cm³/mol. The van der Waals surface area contributed by atoms with E-state index in [4.69, 9.17) is 19.3 Å². The van der Waals surface area contributed by atoms with Gasteiger partial charge in [-0.15, -0.1) is 0 Å². The zero-order chi connectivity index (χ0) is 15.4. The van der Waals surface area contributed by atoms with Gasteiger partial charge >= 0.3 is 12.1 Å².